The number of rotatable bonds is 5. The van der Waals surface area contributed by atoms with Crippen LogP contribution in [0.2, 0.25) is 0 Å². The lowest BCUT2D eigenvalue weighted by Crippen LogP contribution is -2.24. The molecule has 98 valence electrons. The number of fused-ring (bicyclic) bond motifs is 1. The molecular formula is C16H22O2. The lowest BCUT2D eigenvalue weighted by atomic mass is 9.90. The minimum Gasteiger partial charge on any atom is -0.458 e. The van der Waals surface area contributed by atoms with Crippen LogP contribution in [-0.4, -0.2) is 5.11 Å². The molecule has 0 atom stereocenters. The van der Waals surface area contributed by atoms with Crippen molar-refractivity contribution in [3.05, 3.63) is 35.6 Å². The van der Waals surface area contributed by atoms with Gasteiger partial charge in [0.1, 0.15) is 16.9 Å². The van der Waals surface area contributed by atoms with Gasteiger partial charge in [0.15, 0.2) is 0 Å². The Morgan fingerprint density at radius 2 is 1.83 bits per heavy atom. The molecule has 0 fully saturated rings. The Morgan fingerprint density at radius 3 is 2.39 bits per heavy atom. The first-order valence-corrected chi connectivity index (χ1v) is 6.82. The highest BCUT2D eigenvalue weighted by molar-refractivity contribution is 5.81. The molecule has 1 heterocycles. The molecule has 2 aromatic rings. The standard InChI is InChI=1S/C16H22O2/c1-4-9-16(17,10-5-2)14-11-13-8-6-7-12(3)15(13)18-14/h6-8,11,17H,4-5,9-10H2,1-3H3. The largest absolute Gasteiger partial charge is 0.458 e. The van der Waals surface area contributed by atoms with Gasteiger partial charge in [0.2, 0.25) is 0 Å². The van der Waals surface area contributed by atoms with E-state index >= 15 is 0 Å². The Kier molecular flexibility index (Phi) is 3.76. The molecule has 0 aliphatic rings. The van der Waals surface area contributed by atoms with Crippen LogP contribution in [0.15, 0.2) is 28.7 Å². The zero-order valence-electron chi connectivity index (χ0n) is 11.5. The molecule has 0 unspecified atom stereocenters. The van der Waals surface area contributed by atoms with Gasteiger partial charge in [-0.25, -0.2) is 0 Å². The van der Waals surface area contributed by atoms with Crippen LogP contribution in [0, 0.1) is 6.92 Å². The molecule has 0 saturated carbocycles. The Labute approximate surface area is 109 Å². The summed E-state index contributed by atoms with van der Waals surface area (Å²) in [4.78, 5) is 0. The van der Waals surface area contributed by atoms with Crippen LogP contribution in [0.25, 0.3) is 11.0 Å². The minimum absolute atomic E-state index is 0.718. The van der Waals surface area contributed by atoms with E-state index in [0.29, 0.717) is 0 Å². The van der Waals surface area contributed by atoms with Crippen molar-refractivity contribution in [3.63, 3.8) is 0 Å². The quantitative estimate of drug-likeness (QED) is 0.840. The van der Waals surface area contributed by atoms with Gasteiger partial charge in [0.05, 0.1) is 0 Å². The van der Waals surface area contributed by atoms with Crippen molar-refractivity contribution in [1.82, 2.24) is 0 Å². The molecule has 1 N–H and O–H groups in total. The third-order valence-electron chi connectivity index (χ3n) is 3.53. The SMILES string of the molecule is CCCC(O)(CCC)c1cc2cccc(C)c2o1. The van der Waals surface area contributed by atoms with Gasteiger partial charge in [0, 0.05) is 5.39 Å². The molecule has 0 aliphatic heterocycles. The van der Waals surface area contributed by atoms with Crippen molar-refractivity contribution < 1.29 is 9.52 Å². The van der Waals surface area contributed by atoms with E-state index in [1.165, 1.54) is 0 Å². The molecule has 18 heavy (non-hydrogen) atoms. The molecule has 0 amide bonds. The third kappa shape index (κ3) is 2.30. The Morgan fingerprint density at radius 1 is 1.17 bits per heavy atom. The van der Waals surface area contributed by atoms with Gasteiger partial charge in [-0.3, -0.25) is 0 Å². The molecule has 2 rings (SSSR count). The fraction of sp³-hybridized carbons (Fsp3) is 0.500. The molecule has 0 radical (unpaired) electrons. The normalized spacial score (nSPS) is 12.2. The van der Waals surface area contributed by atoms with Gasteiger partial charge in [-0.15, -0.1) is 0 Å². The number of para-hydroxylation sites is 1. The van der Waals surface area contributed by atoms with Crippen molar-refractivity contribution in [3.8, 4) is 0 Å². The Balaban J connectivity index is 2.48. The smallest absolute Gasteiger partial charge is 0.137 e. The van der Waals surface area contributed by atoms with Crippen LogP contribution in [-0.2, 0) is 5.60 Å². The summed E-state index contributed by atoms with van der Waals surface area (Å²) in [5.41, 5.74) is 1.21. The van der Waals surface area contributed by atoms with E-state index in [9.17, 15) is 5.11 Å². The predicted octanol–water partition coefficient (Wildman–Crippen LogP) is 4.53. The summed E-state index contributed by atoms with van der Waals surface area (Å²) < 4.78 is 5.92. The predicted molar refractivity (Wildman–Crippen MR) is 74.7 cm³/mol. The van der Waals surface area contributed by atoms with E-state index in [0.717, 1.165) is 48.0 Å². The second-order valence-corrected chi connectivity index (χ2v) is 5.14. The Bertz CT molecular complexity index is 519. The zero-order valence-corrected chi connectivity index (χ0v) is 11.5. The average Bonchev–Trinajstić information content (AvgIpc) is 2.75. The van der Waals surface area contributed by atoms with Crippen molar-refractivity contribution in [1.29, 1.82) is 0 Å². The van der Waals surface area contributed by atoms with Gasteiger partial charge in [-0.2, -0.15) is 0 Å². The average molecular weight is 246 g/mol. The highest BCUT2D eigenvalue weighted by Crippen LogP contribution is 2.35. The maximum absolute atomic E-state index is 10.8. The molecule has 0 saturated heterocycles. The number of benzene rings is 1. The monoisotopic (exact) mass is 246 g/mol. The fourth-order valence-electron chi connectivity index (χ4n) is 2.64. The van der Waals surface area contributed by atoms with E-state index in [4.69, 9.17) is 4.42 Å². The molecule has 1 aromatic heterocycles. The van der Waals surface area contributed by atoms with Crippen LogP contribution in [0.3, 0.4) is 0 Å². The fourth-order valence-corrected chi connectivity index (χ4v) is 2.64. The first-order chi connectivity index (χ1) is 8.60. The molecule has 0 bridgehead atoms. The van der Waals surface area contributed by atoms with Crippen molar-refractivity contribution in [2.24, 2.45) is 0 Å². The van der Waals surface area contributed by atoms with Crippen molar-refractivity contribution >= 4 is 11.0 Å². The van der Waals surface area contributed by atoms with E-state index in [2.05, 4.69) is 13.8 Å². The number of aryl methyl sites for hydroxylation is 1. The first-order valence-electron chi connectivity index (χ1n) is 6.82. The summed E-state index contributed by atoms with van der Waals surface area (Å²) in [5, 5.41) is 11.9. The van der Waals surface area contributed by atoms with E-state index in [1.807, 2.05) is 31.2 Å². The van der Waals surface area contributed by atoms with Crippen LogP contribution in [0.4, 0.5) is 0 Å². The summed E-state index contributed by atoms with van der Waals surface area (Å²) in [6.45, 7) is 6.22. The van der Waals surface area contributed by atoms with Gasteiger partial charge in [-0.1, -0.05) is 44.9 Å². The van der Waals surface area contributed by atoms with Crippen LogP contribution in [0.1, 0.15) is 50.9 Å². The third-order valence-corrected chi connectivity index (χ3v) is 3.53. The molecule has 0 spiro atoms. The Hall–Kier alpha value is -1.28. The molecule has 2 heteroatoms. The van der Waals surface area contributed by atoms with E-state index in [-0.39, 0.29) is 0 Å². The second-order valence-electron chi connectivity index (χ2n) is 5.14. The van der Waals surface area contributed by atoms with E-state index < -0.39 is 5.60 Å². The summed E-state index contributed by atoms with van der Waals surface area (Å²) in [6.07, 6.45) is 3.40. The van der Waals surface area contributed by atoms with Gasteiger partial charge >= 0.3 is 0 Å². The highest BCUT2D eigenvalue weighted by Gasteiger charge is 2.31. The maximum Gasteiger partial charge on any atom is 0.137 e. The molecule has 0 aliphatic carbocycles. The molecule has 1 aromatic carbocycles. The highest BCUT2D eigenvalue weighted by atomic mass is 16.4. The number of hydrogen-bond donors (Lipinski definition) is 1. The second kappa shape index (κ2) is 5.15. The van der Waals surface area contributed by atoms with Crippen molar-refractivity contribution in [2.75, 3.05) is 0 Å². The topological polar surface area (TPSA) is 33.4 Å². The van der Waals surface area contributed by atoms with Gasteiger partial charge < -0.3 is 9.52 Å². The summed E-state index contributed by atoms with van der Waals surface area (Å²) in [6, 6.07) is 8.09. The van der Waals surface area contributed by atoms with Crippen LogP contribution < -0.4 is 0 Å². The van der Waals surface area contributed by atoms with E-state index in [1.54, 1.807) is 0 Å². The zero-order chi connectivity index (χ0) is 13.2. The lowest BCUT2D eigenvalue weighted by molar-refractivity contribution is -0.00233. The maximum atomic E-state index is 10.8. The van der Waals surface area contributed by atoms with Crippen LogP contribution >= 0.6 is 0 Å². The summed E-state index contributed by atoms with van der Waals surface area (Å²) in [5.74, 6) is 0.718. The first kappa shape index (κ1) is 13.2. The number of furan rings is 1. The minimum atomic E-state index is -0.811. The van der Waals surface area contributed by atoms with Gasteiger partial charge in [0.25, 0.3) is 0 Å². The van der Waals surface area contributed by atoms with Crippen molar-refractivity contribution in [2.45, 2.75) is 52.1 Å². The number of aliphatic hydroxyl groups is 1. The summed E-state index contributed by atoms with van der Waals surface area (Å²) >= 11 is 0. The van der Waals surface area contributed by atoms with Crippen LogP contribution in [0.5, 0.6) is 0 Å². The lowest BCUT2D eigenvalue weighted by Gasteiger charge is -2.24. The van der Waals surface area contributed by atoms with Gasteiger partial charge in [-0.05, 0) is 31.4 Å². The molecular weight excluding hydrogens is 224 g/mol. The number of hydrogen-bond acceptors (Lipinski definition) is 2. The summed E-state index contributed by atoms with van der Waals surface area (Å²) in [7, 11) is 0. The molecule has 2 nitrogen and oxygen atoms in total.